The number of benzene rings is 1. The second kappa shape index (κ2) is 9.12. The molecular formula is C22H25FN4O2S. The molecule has 0 spiro atoms. The van der Waals surface area contributed by atoms with E-state index in [1.807, 2.05) is 17.9 Å². The van der Waals surface area contributed by atoms with Crippen LogP contribution in [0.4, 0.5) is 15.9 Å². The summed E-state index contributed by atoms with van der Waals surface area (Å²) < 4.78 is 13.5. The number of anilines is 2. The molecule has 0 bridgehead atoms. The van der Waals surface area contributed by atoms with E-state index in [-0.39, 0.29) is 29.6 Å². The molecule has 2 amide bonds. The van der Waals surface area contributed by atoms with Crippen molar-refractivity contribution in [2.75, 3.05) is 16.0 Å². The van der Waals surface area contributed by atoms with Gasteiger partial charge in [-0.3, -0.25) is 9.59 Å². The summed E-state index contributed by atoms with van der Waals surface area (Å²) in [5.74, 6) is 1.17. The van der Waals surface area contributed by atoms with Crippen LogP contribution < -0.4 is 10.2 Å². The largest absolute Gasteiger partial charge is 0.309 e. The molecule has 1 atom stereocenters. The summed E-state index contributed by atoms with van der Waals surface area (Å²) in [5, 5.41) is 11.7. The molecule has 1 fully saturated rings. The number of aromatic nitrogens is 2. The van der Waals surface area contributed by atoms with Crippen LogP contribution in [0.1, 0.15) is 44.6 Å². The summed E-state index contributed by atoms with van der Waals surface area (Å²) in [6, 6.07) is 8.37. The zero-order valence-electron chi connectivity index (χ0n) is 16.9. The van der Waals surface area contributed by atoms with Crippen LogP contribution in [-0.4, -0.2) is 33.8 Å². The molecule has 158 valence electrons. The number of amides is 2. The molecule has 2 heterocycles. The number of rotatable bonds is 7. The molecule has 2 aromatic rings. The van der Waals surface area contributed by atoms with E-state index in [2.05, 4.69) is 15.5 Å². The summed E-state index contributed by atoms with van der Waals surface area (Å²) in [7, 11) is 0. The van der Waals surface area contributed by atoms with Crippen molar-refractivity contribution in [3.05, 3.63) is 41.7 Å². The number of nitrogens with one attached hydrogen (secondary N) is 1. The van der Waals surface area contributed by atoms with E-state index >= 15 is 0 Å². The molecule has 6 nitrogen and oxygen atoms in total. The Labute approximate surface area is 179 Å². The maximum atomic E-state index is 13.5. The molecule has 2 aliphatic rings. The molecule has 1 N–H and O–H groups in total. The van der Waals surface area contributed by atoms with Crippen LogP contribution in [0.25, 0.3) is 0 Å². The molecule has 0 saturated heterocycles. The van der Waals surface area contributed by atoms with E-state index in [4.69, 9.17) is 0 Å². The van der Waals surface area contributed by atoms with Crippen LogP contribution in [0.15, 0.2) is 35.4 Å². The number of carbonyl (C=O) groups is 2. The van der Waals surface area contributed by atoms with Crippen molar-refractivity contribution < 1.29 is 14.0 Å². The fourth-order valence-electron chi connectivity index (χ4n) is 3.66. The van der Waals surface area contributed by atoms with Gasteiger partial charge in [0.25, 0.3) is 0 Å². The number of nitrogens with zero attached hydrogens (tertiary/aromatic N) is 3. The summed E-state index contributed by atoms with van der Waals surface area (Å²) >= 11 is 1.54. The van der Waals surface area contributed by atoms with Crippen molar-refractivity contribution in [2.24, 2.45) is 5.92 Å². The third-order valence-electron chi connectivity index (χ3n) is 5.47. The van der Waals surface area contributed by atoms with E-state index in [1.54, 1.807) is 12.1 Å². The Morgan fingerprint density at radius 3 is 2.77 bits per heavy atom. The molecule has 1 aliphatic heterocycles. The van der Waals surface area contributed by atoms with Gasteiger partial charge < -0.3 is 10.2 Å². The quantitative estimate of drug-likeness (QED) is 0.528. The Kier molecular flexibility index (Phi) is 6.32. The van der Waals surface area contributed by atoms with Gasteiger partial charge in [-0.05, 0) is 74.9 Å². The maximum Gasteiger partial charge on any atom is 0.228 e. The molecule has 1 aliphatic carbocycles. The van der Waals surface area contributed by atoms with Crippen molar-refractivity contribution in [3.8, 4) is 0 Å². The second-order valence-corrected chi connectivity index (χ2v) is 9.01. The van der Waals surface area contributed by atoms with Gasteiger partial charge in [0.05, 0.1) is 0 Å². The van der Waals surface area contributed by atoms with E-state index in [0.29, 0.717) is 18.7 Å². The Morgan fingerprint density at radius 2 is 2.03 bits per heavy atom. The predicted octanol–water partition coefficient (Wildman–Crippen LogP) is 4.20. The zero-order chi connectivity index (χ0) is 21.1. The summed E-state index contributed by atoms with van der Waals surface area (Å²) in [6.07, 6.45) is 4.68. The van der Waals surface area contributed by atoms with Crippen molar-refractivity contribution in [3.63, 3.8) is 0 Å². The Morgan fingerprint density at radius 1 is 1.20 bits per heavy atom. The number of fused-ring (bicyclic) bond motifs is 1. The average Bonchev–Trinajstić information content (AvgIpc) is 3.58. The van der Waals surface area contributed by atoms with Crippen LogP contribution in [0.2, 0.25) is 0 Å². The highest BCUT2D eigenvalue weighted by atomic mass is 32.2. The lowest BCUT2D eigenvalue weighted by Crippen LogP contribution is -2.42. The van der Waals surface area contributed by atoms with Gasteiger partial charge in [0.15, 0.2) is 5.82 Å². The van der Waals surface area contributed by atoms with E-state index in [1.165, 1.54) is 23.9 Å². The molecular weight excluding hydrogens is 403 g/mol. The number of hydrogen-bond donors (Lipinski definition) is 1. The topological polar surface area (TPSA) is 75.2 Å². The minimum atomic E-state index is -0.258. The first-order valence-electron chi connectivity index (χ1n) is 10.4. The van der Waals surface area contributed by atoms with Crippen LogP contribution in [0, 0.1) is 11.7 Å². The second-order valence-electron chi connectivity index (χ2n) is 7.90. The SMILES string of the molecule is C[C@@H]1CCc2cc(F)ccc2N1C(=O)CCCSc1ccc(NC(=O)C2CC2)nn1. The number of carbonyl (C=O) groups excluding carboxylic acids is 2. The minimum absolute atomic E-state index is 0.0134. The van der Waals surface area contributed by atoms with E-state index in [9.17, 15) is 14.0 Å². The number of thioether (sulfide) groups is 1. The standard InChI is InChI=1S/C22H25FN4O2S/c1-14-4-5-16-13-17(23)8-9-18(16)27(14)21(28)3-2-12-30-20-11-10-19(25-26-20)24-22(29)15-6-7-15/h8-11,13-15H,2-7,12H2,1H3,(H,24,25,29)/t14-/m1/s1. The van der Waals surface area contributed by atoms with Gasteiger partial charge in [-0.25, -0.2) is 4.39 Å². The highest BCUT2D eigenvalue weighted by Crippen LogP contribution is 2.32. The normalized spacial score (nSPS) is 18.1. The van der Waals surface area contributed by atoms with Crippen molar-refractivity contribution in [2.45, 2.75) is 56.5 Å². The van der Waals surface area contributed by atoms with Gasteiger partial charge in [0.1, 0.15) is 10.8 Å². The molecule has 1 saturated carbocycles. The number of aryl methyl sites for hydroxylation is 1. The van der Waals surface area contributed by atoms with Gasteiger partial charge in [-0.1, -0.05) is 0 Å². The van der Waals surface area contributed by atoms with Crippen molar-refractivity contribution in [1.82, 2.24) is 10.2 Å². The molecule has 1 aromatic carbocycles. The number of halogens is 1. The fraction of sp³-hybridized carbons (Fsp3) is 0.455. The third kappa shape index (κ3) is 4.98. The zero-order valence-corrected chi connectivity index (χ0v) is 17.8. The predicted molar refractivity (Wildman–Crippen MR) is 115 cm³/mol. The van der Waals surface area contributed by atoms with Gasteiger partial charge >= 0.3 is 0 Å². The molecule has 4 rings (SSSR count). The van der Waals surface area contributed by atoms with Crippen LogP contribution in [-0.2, 0) is 16.0 Å². The lowest BCUT2D eigenvalue weighted by molar-refractivity contribution is -0.119. The van der Waals surface area contributed by atoms with Gasteiger partial charge in [-0.2, -0.15) is 0 Å². The van der Waals surface area contributed by atoms with Gasteiger partial charge in [0.2, 0.25) is 11.8 Å². The van der Waals surface area contributed by atoms with Crippen LogP contribution in [0.5, 0.6) is 0 Å². The molecule has 0 unspecified atom stereocenters. The van der Waals surface area contributed by atoms with Crippen molar-refractivity contribution in [1.29, 1.82) is 0 Å². The van der Waals surface area contributed by atoms with E-state index < -0.39 is 0 Å². The van der Waals surface area contributed by atoms with Crippen molar-refractivity contribution >= 4 is 35.1 Å². The fourth-order valence-corrected chi connectivity index (χ4v) is 4.42. The summed E-state index contributed by atoms with van der Waals surface area (Å²) in [6.45, 7) is 2.04. The first-order chi connectivity index (χ1) is 14.5. The van der Waals surface area contributed by atoms with Crippen LogP contribution in [0.3, 0.4) is 0 Å². The Balaban J connectivity index is 1.25. The summed E-state index contributed by atoms with van der Waals surface area (Å²) in [4.78, 5) is 26.4. The highest BCUT2D eigenvalue weighted by molar-refractivity contribution is 7.99. The Bertz CT molecular complexity index is 933. The first kappa shape index (κ1) is 20.8. The molecule has 30 heavy (non-hydrogen) atoms. The van der Waals surface area contributed by atoms with Gasteiger partial charge in [0, 0.05) is 29.8 Å². The average molecular weight is 429 g/mol. The molecule has 8 heteroatoms. The smallest absolute Gasteiger partial charge is 0.228 e. The monoisotopic (exact) mass is 428 g/mol. The maximum absolute atomic E-state index is 13.5. The lowest BCUT2D eigenvalue weighted by atomic mass is 9.96. The number of hydrogen-bond acceptors (Lipinski definition) is 5. The first-order valence-corrected chi connectivity index (χ1v) is 11.4. The molecule has 0 radical (unpaired) electrons. The van der Waals surface area contributed by atoms with E-state index in [0.717, 1.165) is 47.7 Å². The molecule has 1 aromatic heterocycles. The third-order valence-corrected chi connectivity index (χ3v) is 6.47. The van der Waals surface area contributed by atoms with Gasteiger partial charge in [-0.15, -0.1) is 22.0 Å². The van der Waals surface area contributed by atoms with Crippen LogP contribution >= 0.6 is 11.8 Å². The highest BCUT2D eigenvalue weighted by Gasteiger charge is 2.30. The summed E-state index contributed by atoms with van der Waals surface area (Å²) in [5.41, 5.74) is 1.74. The lowest BCUT2D eigenvalue weighted by Gasteiger charge is -2.35. The Hall–Kier alpha value is -2.48. The minimum Gasteiger partial charge on any atom is -0.309 e.